The first-order chi connectivity index (χ1) is 12.5. The second kappa shape index (κ2) is 8.54. The van der Waals surface area contributed by atoms with Gasteiger partial charge in [-0.05, 0) is 48.4 Å². The lowest BCUT2D eigenvalue weighted by molar-refractivity contribution is -0.121. The van der Waals surface area contributed by atoms with E-state index in [-0.39, 0.29) is 18.9 Å². The maximum atomic E-state index is 12.0. The van der Waals surface area contributed by atoms with Gasteiger partial charge < -0.3 is 9.84 Å². The number of halogens is 3. The quantitative estimate of drug-likeness (QED) is 0.624. The molecule has 2 aromatic carbocycles. The van der Waals surface area contributed by atoms with Crippen molar-refractivity contribution < 1.29 is 9.32 Å². The number of nitrogens with one attached hydrogen (secondary N) is 1. The van der Waals surface area contributed by atoms with Crippen molar-refractivity contribution in [3.8, 4) is 11.4 Å². The van der Waals surface area contributed by atoms with Crippen LogP contribution in [0.25, 0.3) is 11.4 Å². The number of aromatic nitrogens is 2. The summed E-state index contributed by atoms with van der Waals surface area (Å²) in [4.78, 5) is 16.3. The van der Waals surface area contributed by atoms with Gasteiger partial charge >= 0.3 is 0 Å². The minimum atomic E-state index is -0.160. The molecule has 3 rings (SSSR count). The zero-order chi connectivity index (χ0) is 18.5. The van der Waals surface area contributed by atoms with Gasteiger partial charge in [0.05, 0.1) is 6.54 Å². The Kier molecular flexibility index (Phi) is 6.14. The highest BCUT2D eigenvalue weighted by Gasteiger charge is 2.11. The molecule has 5 nitrogen and oxygen atoms in total. The standard InChI is InChI=1S/C18H14Cl3N3O2/c19-12-6-4-11(5-7-12)18-23-17(26-24-18)10-22-16(25)9-8-13-14(20)2-1-3-15(13)21/h1-7H,8-10H2,(H,22,25). The van der Waals surface area contributed by atoms with Gasteiger partial charge in [0.25, 0.3) is 0 Å². The van der Waals surface area contributed by atoms with E-state index in [2.05, 4.69) is 15.5 Å². The highest BCUT2D eigenvalue weighted by atomic mass is 35.5. The molecule has 0 atom stereocenters. The lowest BCUT2D eigenvalue weighted by Gasteiger charge is -2.06. The van der Waals surface area contributed by atoms with Gasteiger partial charge in [-0.1, -0.05) is 46.0 Å². The fourth-order valence-electron chi connectivity index (χ4n) is 2.32. The van der Waals surface area contributed by atoms with Crippen molar-refractivity contribution in [1.82, 2.24) is 15.5 Å². The van der Waals surface area contributed by atoms with E-state index in [1.165, 1.54) is 0 Å². The molecule has 1 aromatic heterocycles. The maximum absolute atomic E-state index is 12.0. The summed E-state index contributed by atoms with van der Waals surface area (Å²) in [6.45, 7) is 0.148. The van der Waals surface area contributed by atoms with E-state index in [0.29, 0.717) is 33.2 Å². The first-order valence-electron chi connectivity index (χ1n) is 7.81. The van der Waals surface area contributed by atoms with Crippen molar-refractivity contribution in [3.05, 3.63) is 69.0 Å². The number of carbonyl (C=O) groups excluding carboxylic acids is 1. The molecule has 0 spiro atoms. The minimum Gasteiger partial charge on any atom is -0.347 e. The molecule has 0 saturated carbocycles. The number of hydrogen-bond acceptors (Lipinski definition) is 4. The molecule has 1 heterocycles. The number of carbonyl (C=O) groups is 1. The van der Waals surface area contributed by atoms with Gasteiger partial charge in [0, 0.05) is 27.1 Å². The summed E-state index contributed by atoms with van der Waals surface area (Å²) in [5, 5.41) is 8.36. The Hall–Kier alpha value is -2.08. The topological polar surface area (TPSA) is 68.0 Å². The summed E-state index contributed by atoms with van der Waals surface area (Å²) < 4.78 is 5.15. The molecule has 0 bridgehead atoms. The van der Waals surface area contributed by atoms with Crippen LogP contribution in [0.3, 0.4) is 0 Å². The number of amides is 1. The van der Waals surface area contributed by atoms with E-state index >= 15 is 0 Å². The Balaban J connectivity index is 1.53. The van der Waals surface area contributed by atoms with Gasteiger partial charge in [-0.3, -0.25) is 4.79 Å². The predicted molar refractivity (Wildman–Crippen MR) is 101 cm³/mol. The molecule has 0 radical (unpaired) electrons. The second-order valence-electron chi connectivity index (χ2n) is 5.50. The van der Waals surface area contributed by atoms with Gasteiger partial charge in [0.1, 0.15) is 0 Å². The SMILES string of the molecule is O=C(CCc1c(Cl)cccc1Cl)NCc1nc(-c2ccc(Cl)cc2)no1. The molecule has 1 amide bonds. The third-order valence-electron chi connectivity index (χ3n) is 3.67. The fourth-order valence-corrected chi connectivity index (χ4v) is 3.03. The van der Waals surface area contributed by atoms with Crippen LogP contribution in [-0.4, -0.2) is 16.0 Å². The monoisotopic (exact) mass is 409 g/mol. The number of benzene rings is 2. The molecule has 0 unspecified atom stereocenters. The first-order valence-corrected chi connectivity index (χ1v) is 8.94. The van der Waals surface area contributed by atoms with Crippen molar-refractivity contribution in [1.29, 1.82) is 0 Å². The van der Waals surface area contributed by atoms with Crippen LogP contribution >= 0.6 is 34.8 Å². The molecule has 26 heavy (non-hydrogen) atoms. The second-order valence-corrected chi connectivity index (χ2v) is 6.75. The Morgan fingerprint density at radius 1 is 1.04 bits per heavy atom. The molecule has 0 fully saturated rings. The minimum absolute atomic E-state index is 0.148. The summed E-state index contributed by atoms with van der Waals surface area (Å²) in [5.74, 6) is 0.597. The van der Waals surface area contributed by atoms with E-state index in [9.17, 15) is 4.79 Å². The Morgan fingerprint density at radius 3 is 2.42 bits per heavy atom. The molecule has 0 aliphatic carbocycles. The highest BCUT2D eigenvalue weighted by molar-refractivity contribution is 6.36. The van der Waals surface area contributed by atoms with Gasteiger partial charge in [-0.2, -0.15) is 4.98 Å². The molecule has 0 aliphatic heterocycles. The molecule has 134 valence electrons. The lowest BCUT2D eigenvalue weighted by Crippen LogP contribution is -2.23. The third kappa shape index (κ3) is 4.75. The van der Waals surface area contributed by atoms with Crippen molar-refractivity contribution in [3.63, 3.8) is 0 Å². The van der Waals surface area contributed by atoms with Crippen molar-refractivity contribution in [2.24, 2.45) is 0 Å². The van der Waals surface area contributed by atoms with E-state index in [1.807, 2.05) is 0 Å². The van der Waals surface area contributed by atoms with Crippen molar-refractivity contribution >= 4 is 40.7 Å². The van der Waals surface area contributed by atoms with E-state index in [1.54, 1.807) is 42.5 Å². The Labute approximate surface area is 165 Å². The van der Waals surface area contributed by atoms with Gasteiger partial charge in [0.2, 0.25) is 17.6 Å². The summed E-state index contributed by atoms with van der Waals surface area (Å²) in [6, 6.07) is 12.3. The average Bonchev–Trinajstić information content (AvgIpc) is 3.09. The fraction of sp³-hybridized carbons (Fsp3) is 0.167. The highest BCUT2D eigenvalue weighted by Crippen LogP contribution is 2.25. The van der Waals surface area contributed by atoms with Gasteiger partial charge in [-0.15, -0.1) is 0 Å². The summed E-state index contributed by atoms with van der Waals surface area (Å²) in [5.41, 5.74) is 1.54. The average molecular weight is 411 g/mol. The van der Waals surface area contributed by atoms with Crippen molar-refractivity contribution in [2.75, 3.05) is 0 Å². The largest absolute Gasteiger partial charge is 0.347 e. The van der Waals surface area contributed by atoms with E-state index in [0.717, 1.165) is 11.1 Å². The zero-order valence-corrected chi connectivity index (χ0v) is 15.8. The Bertz CT molecular complexity index is 890. The smallest absolute Gasteiger partial charge is 0.246 e. The maximum Gasteiger partial charge on any atom is 0.246 e. The summed E-state index contributed by atoms with van der Waals surface area (Å²) >= 11 is 18.1. The third-order valence-corrected chi connectivity index (χ3v) is 4.63. The predicted octanol–water partition coefficient (Wildman–Crippen LogP) is 4.95. The number of nitrogens with zero attached hydrogens (tertiary/aromatic N) is 2. The summed E-state index contributed by atoms with van der Waals surface area (Å²) in [7, 11) is 0. The summed E-state index contributed by atoms with van der Waals surface area (Å²) in [6.07, 6.45) is 0.700. The van der Waals surface area contributed by atoms with Crippen LogP contribution in [0.5, 0.6) is 0 Å². The van der Waals surface area contributed by atoms with Crippen LogP contribution in [0.2, 0.25) is 15.1 Å². The van der Waals surface area contributed by atoms with E-state index in [4.69, 9.17) is 39.3 Å². The van der Waals surface area contributed by atoms with Crippen LogP contribution in [0.4, 0.5) is 0 Å². The van der Waals surface area contributed by atoms with Crippen LogP contribution in [0, 0.1) is 0 Å². The van der Waals surface area contributed by atoms with Crippen LogP contribution in [-0.2, 0) is 17.8 Å². The molecule has 8 heteroatoms. The molecule has 1 N–H and O–H groups in total. The normalized spacial score (nSPS) is 10.7. The molecule has 0 saturated heterocycles. The van der Waals surface area contributed by atoms with Gasteiger partial charge in [0.15, 0.2) is 0 Å². The molecule has 0 aliphatic rings. The zero-order valence-electron chi connectivity index (χ0n) is 13.5. The lowest BCUT2D eigenvalue weighted by atomic mass is 10.1. The molecular formula is C18H14Cl3N3O2. The van der Waals surface area contributed by atoms with Crippen molar-refractivity contribution in [2.45, 2.75) is 19.4 Å². The van der Waals surface area contributed by atoms with Crippen LogP contribution < -0.4 is 5.32 Å². The van der Waals surface area contributed by atoms with Gasteiger partial charge in [-0.25, -0.2) is 0 Å². The first kappa shape index (κ1) is 18.7. The van der Waals surface area contributed by atoms with Crippen LogP contribution in [0.1, 0.15) is 17.9 Å². The Morgan fingerprint density at radius 2 is 1.73 bits per heavy atom. The molecular weight excluding hydrogens is 397 g/mol. The number of hydrogen-bond donors (Lipinski definition) is 1. The number of rotatable bonds is 6. The van der Waals surface area contributed by atoms with Crippen LogP contribution in [0.15, 0.2) is 47.0 Å². The van der Waals surface area contributed by atoms with E-state index < -0.39 is 0 Å². The molecule has 3 aromatic rings.